The fourth-order valence-electron chi connectivity index (χ4n) is 2.16. The third-order valence-electron chi connectivity index (χ3n) is 3.15. The van der Waals surface area contributed by atoms with Gasteiger partial charge in [0.2, 0.25) is 0 Å². The van der Waals surface area contributed by atoms with E-state index in [0.717, 1.165) is 12.1 Å². The van der Waals surface area contributed by atoms with Gasteiger partial charge in [0.1, 0.15) is 11.5 Å². The average Bonchev–Trinajstić information content (AvgIpc) is 2.48. The fourth-order valence-corrected chi connectivity index (χ4v) is 2.16. The van der Waals surface area contributed by atoms with Gasteiger partial charge >= 0.3 is 5.97 Å². The number of carboxylic acids is 1. The maximum atomic E-state index is 13.9. The van der Waals surface area contributed by atoms with Crippen LogP contribution in [0.15, 0.2) is 47.3 Å². The zero-order valence-corrected chi connectivity index (χ0v) is 11.0. The molecule has 2 aromatic carbocycles. The van der Waals surface area contributed by atoms with E-state index in [9.17, 15) is 23.5 Å². The lowest BCUT2D eigenvalue weighted by Gasteiger charge is -2.09. The van der Waals surface area contributed by atoms with Crippen LogP contribution in [0.2, 0.25) is 0 Å². The zero-order chi connectivity index (χ0) is 15.9. The first-order valence-corrected chi connectivity index (χ1v) is 6.20. The molecule has 3 aromatic rings. The Morgan fingerprint density at radius 1 is 1.09 bits per heavy atom. The van der Waals surface area contributed by atoms with Crippen molar-refractivity contribution in [1.82, 2.24) is 9.78 Å². The maximum Gasteiger partial charge on any atom is 0.357 e. The largest absolute Gasteiger partial charge is 0.476 e. The Morgan fingerprint density at radius 2 is 1.77 bits per heavy atom. The van der Waals surface area contributed by atoms with E-state index in [-0.39, 0.29) is 22.2 Å². The third kappa shape index (κ3) is 2.12. The van der Waals surface area contributed by atoms with E-state index in [1.165, 1.54) is 12.1 Å². The highest BCUT2D eigenvalue weighted by Crippen LogP contribution is 2.17. The Kier molecular flexibility index (Phi) is 3.17. The summed E-state index contributed by atoms with van der Waals surface area (Å²) >= 11 is 0. The SMILES string of the molecule is O=C(O)c1nn(-c2ccc(F)cc2F)c(=O)c2ccccc12. The molecule has 0 saturated heterocycles. The van der Waals surface area contributed by atoms with Gasteiger partial charge in [0.15, 0.2) is 11.5 Å². The van der Waals surface area contributed by atoms with Crippen molar-refractivity contribution >= 4 is 16.7 Å². The summed E-state index contributed by atoms with van der Waals surface area (Å²) in [5, 5.41) is 13.2. The Morgan fingerprint density at radius 3 is 2.41 bits per heavy atom. The summed E-state index contributed by atoms with van der Waals surface area (Å²) in [6, 6.07) is 8.57. The number of aromatic carboxylic acids is 1. The van der Waals surface area contributed by atoms with Crippen LogP contribution in [0.4, 0.5) is 8.78 Å². The molecule has 3 rings (SSSR count). The van der Waals surface area contributed by atoms with Crippen molar-refractivity contribution in [1.29, 1.82) is 0 Å². The minimum absolute atomic E-state index is 0.0821. The maximum absolute atomic E-state index is 13.9. The monoisotopic (exact) mass is 302 g/mol. The van der Waals surface area contributed by atoms with E-state index in [1.54, 1.807) is 12.1 Å². The normalized spacial score (nSPS) is 10.8. The van der Waals surface area contributed by atoms with Crippen molar-refractivity contribution in [2.45, 2.75) is 0 Å². The van der Waals surface area contributed by atoms with Crippen LogP contribution in [-0.4, -0.2) is 20.9 Å². The summed E-state index contributed by atoms with van der Waals surface area (Å²) in [5.41, 5.74) is -1.40. The molecule has 0 aliphatic carbocycles. The molecule has 0 aliphatic rings. The lowest BCUT2D eigenvalue weighted by molar-refractivity contribution is 0.0690. The number of aromatic nitrogens is 2. The van der Waals surface area contributed by atoms with Gasteiger partial charge in [0.05, 0.1) is 5.39 Å². The van der Waals surface area contributed by atoms with Crippen LogP contribution in [0.1, 0.15) is 10.5 Å². The van der Waals surface area contributed by atoms with E-state index in [2.05, 4.69) is 5.10 Å². The summed E-state index contributed by atoms with van der Waals surface area (Å²) in [6.07, 6.45) is 0. The third-order valence-corrected chi connectivity index (χ3v) is 3.15. The lowest BCUT2D eigenvalue weighted by Crippen LogP contribution is -2.25. The van der Waals surface area contributed by atoms with Gasteiger partial charge in [-0.25, -0.2) is 13.6 Å². The van der Waals surface area contributed by atoms with Crippen molar-refractivity contribution in [3.63, 3.8) is 0 Å². The van der Waals surface area contributed by atoms with Crippen molar-refractivity contribution in [3.05, 3.63) is 70.1 Å². The molecule has 110 valence electrons. The summed E-state index contributed by atoms with van der Waals surface area (Å²) in [7, 11) is 0. The predicted molar refractivity (Wildman–Crippen MR) is 74.2 cm³/mol. The molecule has 0 atom stereocenters. The van der Waals surface area contributed by atoms with E-state index in [4.69, 9.17) is 0 Å². The minimum Gasteiger partial charge on any atom is -0.476 e. The molecule has 0 amide bonds. The molecule has 0 unspecified atom stereocenters. The molecular weight excluding hydrogens is 294 g/mol. The van der Waals surface area contributed by atoms with Gasteiger partial charge < -0.3 is 5.11 Å². The lowest BCUT2D eigenvalue weighted by atomic mass is 10.1. The van der Waals surface area contributed by atoms with Gasteiger partial charge in [-0.05, 0) is 18.2 Å². The first-order chi connectivity index (χ1) is 10.5. The number of nitrogens with zero attached hydrogens (tertiary/aromatic N) is 2. The second kappa shape index (κ2) is 5.03. The molecular formula is C15H8F2N2O3. The Labute approximate surface area is 122 Å². The predicted octanol–water partition coefficient (Wildman–Crippen LogP) is 2.36. The second-order valence-electron chi connectivity index (χ2n) is 4.51. The first-order valence-electron chi connectivity index (χ1n) is 6.20. The van der Waals surface area contributed by atoms with Crippen molar-refractivity contribution in [3.8, 4) is 5.69 Å². The topological polar surface area (TPSA) is 72.2 Å². The summed E-state index contributed by atoms with van der Waals surface area (Å²) in [5.74, 6) is -3.18. The van der Waals surface area contributed by atoms with Crippen LogP contribution in [0.3, 0.4) is 0 Å². The van der Waals surface area contributed by atoms with Gasteiger partial charge in [0.25, 0.3) is 5.56 Å². The Balaban J connectivity index is 2.42. The highest BCUT2D eigenvalue weighted by atomic mass is 19.1. The van der Waals surface area contributed by atoms with Gasteiger partial charge in [-0.15, -0.1) is 0 Å². The number of rotatable bonds is 2. The molecule has 1 N–H and O–H groups in total. The molecule has 1 aromatic heterocycles. The van der Waals surface area contributed by atoms with Crippen LogP contribution < -0.4 is 5.56 Å². The molecule has 0 spiro atoms. The minimum atomic E-state index is -1.35. The highest BCUT2D eigenvalue weighted by molar-refractivity contribution is 6.01. The number of fused-ring (bicyclic) bond motifs is 1. The quantitative estimate of drug-likeness (QED) is 0.789. The second-order valence-corrected chi connectivity index (χ2v) is 4.51. The molecule has 22 heavy (non-hydrogen) atoms. The first kappa shape index (κ1) is 13.9. The van der Waals surface area contributed by atoms with Crippen molar-refractivity contribution in [2.24, 2.45) is 0 Å². The van der Waals surface area contributed by atoms with E-state index >= 15 is 0 Å². The van der Waals surface area contributed by atoms with E-state index < -0.39 is 23.2 Å². The smallest absolute Gasteiger partial charge is 0.357 e. The van der Waals surface area contributed by atoms with Crippen molar-refractivity contribution < 1.29 is 18.7 Å². The number of benzene rings is 2. The molecule has 0 bridgehead atoms. The number of carboxylic acid groups (broad SMARTS) is 1. The highest BCUT2D eigenvalue weighted by Gasteiger charge is 2.18. The van der Waals surface area contributed by atoms with Crippen LogP contribution in [0, 0.1) is 11.6 Å². The summed E-state index contributed by atoms with van der Waals surface area (Å²) in [6.45, 7) is 0. The zero-order valence-electron chi connectivity index (χ0n) is 11.0. The van der Waals surface area contributed by atoms with Gasteiger partial charge in [-0.3, -0.25) is 4.79 Å². The molecule has 0 fully saturated rings. The van der Waals surface area contributed by atoms with Crippen LogP contribution in [-0.2, 0) is 0 Å². The van der Waals surface area contributed by atoms with Crippen molar-refractivity contribution in [2.75, 3.05) is 0 Å². The molecule has 0 aliphatic heterocycles. The average molecular weight is 302 g/mol. The summed E-state index contributed by atoms with van der Waals surface area (Å²) < 4.78 is 27.5. The standard InChI is InChI=1S/C15H8F2N2O3/c16-8-5-6-12(11(17)7-8)19-14(20)10-4-2-1-3-9(10)13(18-19)15(21)22/h1-7H,(H,21,22). The molecule has 7 heteroatoms. The number of hydrogen-bond acceptors (Lipinski definition) is 3. The number of halogens is 2. The molecule has 0 saturated carbocycles. The van der Waals surface area contributed by atoms with E-state index in [0.29, 0.717) is 10.7 Å². The van der Waals surface area contributed by atoms with Gasteiger partial charge in [-0.1, -0.05) is 18.2 Å². The number of hydrogen-bond donors (Lipinski definition) is 1. The summed E-state index contributed by atoms with van der Waals surface area (Å²) in [4.78, 5) is 23.7. The molecule has 1 heterocycles. The van der Waals surface area contributed by atoms with Crippen LogP contribution in [0.5, 0.6) is 0 Å². The molecule has 5 nitrogen and oxygen atoms in total. The number of carbonyl (C=O) groups is 1. The fraction of sp³-hybridized carbons (Fsp3) is 0. The van der Waals surface area contributed by atoms with E-state index in [1.807, 2.05) is 0 Å². The Hall–Kier alpha value is -3.09. The van der Waals surface area contributed by atoms with Gasteiger partial charge in [0, 0.05) is 11.5 Å². The molecule has 0 radical (unpaired) electrons. The van der Waals surface area contributed by atoms with Crippen LogP contribution >= 0.6 is 0 Å². The van der Waals surface area contributed by atoms with Crippen LogP contribution in [0.25, 0.3) is 16.5 Å². The Bertz CT molecular complexity index is 967. The van der Waals surface area contributed by atoms with Gasteiger partial charge in [-0.2, -0.15) is 9.78 Å².